The largest absolute Gasteiger partial charge is 0.394 e. The zero-order valence-corrected chi connectivity index (χ0v) is 13.3. The van der Waals surface area contributed by atoms with Crippen molar-refractivity contribution in [1.82, 2.24) is 5.32 Å². The highest BCUT2D eigenvalue weighted by Gasteiger charge is 2.35. The number of hydrogen-bond donors (Lipinski definition) is 3. The van der Waals surface area contributed by atoms with Gasteiger partial charge in [0.1, 0.15) is 5.82 Å². The topological polar surface area (TPSA) is 61.4 Å². The summed E-state index contributed by atoms with van der Waals surface area (Å²) in [7, 11) is 0. The van der Waals surface area contributed by atoms with Gasteiger partial charge in [-0.1, -0.05) is 25.3 Å². The van der Waals surface area contributed by atoms with Gasteiger partial charge in [0, 0.05) is 0 Å². The molecule has 1 fully saturated rings. The molecule has 0 bridgehead atoms. The lowest BCUT2D eigenvalue weighted by atomic mass is 9.76. The molecular weight excluding hydrogens is 283 g/mol. The van der Waals surface area contributed by atoms with E-state index in [1.165, 1.54) is 12.5 Å². The number of amides is 2. The third kappa shape index (κ3) is 3.97. The molecule has 1 aliphatic carbocycles. The van der Waals surface area contributed by atoms with E-state index in [0.29, 0.717) is 0 Å². The fraction of sp³-hybridized carbons (Fsp3) is 0.588. The molecule has 0 aliphatic heterocycles. The van der Waals surface area contributed by atoms with E-state index in [9.17, 15) is 14.3 Å². The van der Waals surface area contributed by atoms with Crippen LogP contribution in [0.15, 0.2) is 18.2 Å². The summed E-state index contributed by atoms with van der Waals surface area (Å²) in [6.07, 6.45) is 5.44. The predicted molar refractivity (Wildman–Crippen MR) is 85.4 cm³/mol. The van der Waals surface area contributed by atoms with Crippen molar-refractivity contribution in [2.45, 2.75) is 51.5 Å². The van der Waals surface area contributed by atoms with Gasteiger partial charge in [-0.15, -0.1) is 0 Å². The molecule has 4 nitrogen and oxygen atoms in total. The smallest absolute Gasteiger partial charge is 0.319 e. The van der Waals surface area contributed by atoms with Crippen LogP contribution >= 0.6 is 0 Å². The average Bonchev–Trinajstić information content (AvgIpc) is 2.51. The Kier molecular flexibility index (Phi) is 5.40. The Hall–Kier alpha value is -1.62. The van der Waals surface area contributed by atoms with E-state index in [1.54, 1.807) is 12.1 Å². The van der Waals surface area contributed by atoms with Gasteiger partial charge < -0.3 is 15.7 Å². The lowest BCUT2D eigenvalue weighted by Crippen LogP contribution is -2.55. The molecule has 0 radical (unpaired) electrons. The maximum absolute atomic E-state index is 13.7. The highest BCUT2D eigenvalue weighted by molar-refractivity contribution is 5.90. The van der Waals surface area contributed by atoms with Gasteiger partial charge in [-0.25, -0.2) is 9.18 Å². The molecule has 1 aliphatic rings. The molecule has 0 aromatic heterocycles. The third-order valence-electron chi connectivity index (χ3n) is 4.60. The highest BCUT2D eigenvalue weighted by Crippen LogP contribution is 2.32. The Morgan fingerprint density at radius 1 is 1.36 bits per heavy atom. The first-order chi connectivity index (χ1) is 10.4. The Labute approximate surface area is 131 Å². The molecule has 0 spiro atoms. The van der Waals surface area contributed by atoms with Crippen LogP contribution in [0.25, 0.3) is 0 Å². The van der Waals surface area contributed by atoms with Crippen molar-refractivity contribution in [3.05, 3.63) is 29.6 Å². The molecular formula is C17H25FN2O2. The van der Waals surface area contributed by atoms with Crippen LogP contribution in [0.3, 0.4) is 0 Å². The summed E-state index contributed by atoms with van der Waals surface area (Å²) in [6.45, 7) is 3.57. The first-order valence-electron chi connectivity index (χ1n) is 7.91. The standard InChI is InChI=1S/C17H25FN2O2/c1-12-8-9-14(18)15(10-12)19-16(22)20-17(2,11-21)13-6-4-3-5-7-13/h8-10,13,21H,3-7,11H2,1-2H3,(H2,19,20,22)/t17-/m0/s1. The number of carbonyl (C=O) groups excluding carboxylic acids is 1. The van der Waals surface area contributed by atoms with Gasteiger partial charge in [-0.2, -0.15) is 0 Å². The summed E-state index contributed by atoms with van der Waals surface area (Å²) in [5.41, 5.74) is 0.348. The molecule has 0 heterocycles. The third-order valence-corrected chi connectivity index (χ3v) is 4.60. The number of carbonyl (C=O) groups is 1. The molecule has 3 N–H and O–H groups in total. The van der Waals surface area contributed by atoms with Crippen LogP contribution in [0, 0.1) is 18.7 Å². The van der Waals surface area contributed by atoms with Gasteiger partial charge in [-0.3, -0.25) is 0 Å². The number of urea groups is 1. The molecule has 22 heavy (non-hydrogen) atoms. The van der Waals surface area contributed by atoms with E-state index in [1.807, 2.05) is 13.8 Å². The summed E-state index contributed by atoms with van der Waals surface area (Å²) < 4.78 is 13.7. The van der Waals surface area contributed by atoms with Crippen molar-refractivity contribution < 1.29 is 14.3 Å². The van der Waals surface area contributed by atoms with Crippen LogP contribution in [0.5, 0.6) is 0 Å². The number of aliphatic hydroxyl groups excluding tert-OH is 1. The second-order valence-corrected chi connectivity index (χ2v) is 6.47. The predicted octanol–water partition coefficient (Wildman–Crippen LogP) is 3.59. The number of hydrogen-bond acceptors (Lipinski definition) is 2. The lowest BCUT2D eigenvalue weighted by molar-refractivity contribution is 0.103. The number of halogens is 1. The van der Waals surface area contributed by atoms with Crippen molar-refractivity contribution in [2.75, 3.05) is 11.9 Å². The van der Waals surface area contributed by atoms with Crippen molar-refractivity contribution in [2.24, 2.45) is 5.92 Å². The zero-order valence-electron chi connectivity index (χ0n) is 13.3. The molecule has 1 saturated carbocycles. The van der Waals surface area contributed by atoms with E-state index in [0.717, 1.165) is 31.2 Å². The normalized spacial score (nSPS) is 18.5. The molecule has 2 amide bonds. The van der Waals surface area contributed by atoms with Gasteiger partial charge in [0.05, 0.1) is 17.8 Å². The Morgan fingerprint density at radius 3 is 2.68 bits per heavy atom. The molecule has 5 heteroatoms. The summed E-state index contributed by atoms with van der Waals surface area (Å²) in [6, 6.07) is 4.09. The number of aliphatic hydroxyl groups is 1. The quantitative estimate of drug-likeness (QED) is 0.796. The fourth-order valence-electron chi connectivity index (χ4n) is 3.16. The van der Waals surface area contributed by atoms with Gasteiger partial charge in [0.25, 0.3) is 0 Å². The maximum atomic E-state index is 13.7. The molecule has 1 atom stereocenters. The van der Waals surface area contributed by atoms with Crippen LogP contribution in [0.1, 0.15) is 44.6 Å². The monoisotopic (exact) mass is 308 g/mol. The van der Waals surface area contributed by atoms with Gasteiger partial charge in [-0.05, 0) is 50.3 Å². The summed E-state index contributed by atoms with van der Waals surface area (Å²) in [5, 5.41) is 15.1. The van der Waals surface area contributed by atoms with Crippen LogP contribution in [0.4, 0.5) is 14.9 Å². The number of nitrogens with one attached hydrogen (secondary N) is 2. The van der Waals surface area contributed by atoms with Gasteiger partial charge >= 0.3 is 6.03 Å². The SMILES string of the molecule is Cc1ccc(F)c(NC(=O)N[C@@](C)(CO)C2CCCCC2)c1. The molecule has 2 rings (SSSR count). The molecule has 1 aromatic carbocycles. The minimum Gasteiger partial charge on any atom is -0.394 e. The van der Waals surface area contributed by atoms with Crippen molar-refractivity contribution in [3.63, 3.8) is 0 Å². The van der Waals surface area contributed by atoms with Crippen LogP contribution in [0.2, 0.25) is 0 Å². The maximum Gasteiger partial charge on any atom is 0.319 e. The van der Waals surface area contributed by atoms with E-state index in [4.69, 9.17) is 0 Å². The summed E-state index contributed by atoms with van der Waals surface area (Å²) in [4.78, 5) is 12.2. The van der Waals surface area contributed by atoms with Crippen LogP contribution < -0.4 is 10.6 Å². The first-order valence-corrected chi connectivity index (χ1v) is 7.91. The van der Waals surface area contributed by atoms with Crippen LogP contribution in [-0.4, -0.2) is 23.3 Å². The van der Waals surface area contributed by atoms with E-state index in [2.05, 4.69) is 10.6 Å². The number of rotatable bonds is 4. The molecule has 0 saturated heterocycles. The highest BCUT2D eigenvalue weighted by atomic mass is 19.1. The summed E-state index contributed by atoms with van der Waals surface area (Å²) in [5.74, 6) is -0.219. The number of aryl methyl sites for hydroxylation is 1. The van der Waals surface area contributed by atoms with Crippen LogP contribution in [-0.2, 0) is 0 Å². The first kappa shape index (κ1) is 16.7. The van der Waals surface area contributed by atoms with Crippen molar-refractivity contribution in [3.8, 4) is 0 Å². The number of anilines is 1. The molecule has 0 unspecified atom stereocenters. The minimum absolute atomic E-state index is 0.124. The average molecular weight is 308 g/mol. The van der Waals surface area contributed by atoms with E-state index in [-0.39, 0.29) is 18.2 Å². The Morgan fingerprint density at radius 2 is 2.05 bits per heavy atom. The van der Waals surface area contributed by atoms with Gasteiger partial charge in [0.2, 0.25) is 0 Å². The Bertz CT molecular complexity index is 529. The summed E-state index contributed by atoms with van der Waals surface area (Å²) >= 11 is 0. The minimum atomic E-state index is -0.676. The second kappa shape index (κ2) is 7.09. The molecule has 122 valence electrons. The zero-order chi connectivity index (χ0) is 16.2. The van der Waals surface area contributed by atoms with Crippen molar-refractivity contribution >= 4 is 11.7 Å². The van der Waals surface area contributed by atoms with E-state index >= 15 is 0 Å². The fourth-order valence-corrected chi connectivity index (χ4v) is 3.16. The molecule has 1 aromatic rings. The van der Waals surface area contributed by atoms with Crippen molar-refractivity contribution in [1.29, 1.82) is 0 Å². The van der Waals surface area contributed by atoms with E-state index < -0.39 is 17.4 Å². The Balaban J connectivity index is 2.03. The second-order valence-electron chi connectivity index (χ2n) is 6.47. The number of benzene rings is 1. The lowest BCUT2D eigenvalue weighted by Gasteiger charge is -2.39. The van der Waals surface area contributed by atoms with Gasteiger partial charge in [0.15, 0.2) is 0 Å².